The van der Waals surface area contributed by atoms with Crippen molar-refractivity contribution in [2.45, 2.75) is 25.0 Å². The lowest BCUT2D eigenvalue weighted by atomic mass is 10.1. The van der Waals surface area contributed by atoms with Crippen molar-refractivity contribution in [3.05, 3.63) is 29.8 Å². The van der Waals surface area contributed by atoms with Crippen LogP contribution >= 0.6 is 0 Å². The molecule has 1 aromatic rings. The Hall–Kier alpha value is -1.59. The summed E-state index contributed by atoms with van der Waals surface area (Å²) in [5, 5.41) is 8.97. The lowest BCUT2D eigenvalue weighted by molar-refractivity contribution is -0.138. The fraction of sp³-hybridized carbons (Fsp3) is 0.462. The van der Waals surface area contributed by atoms with E-state index in [4.69, 9.17) is 20.3 Å². The van der Waals surface area contributed by atoms with Gasteiger partial charge >= 0.3 is 5.97 Å². The number of rotatable bonds is 4. The first-order chi connectivity index (χ1) is 8.68. The molecule has 0 bridgehead atoms. The maximum absolute atomic E-state index is 10.9. The van der Waals surface area contributed by atoms with Crippen LogP contribution in [0.1, 0.15) is 24.4 Å². The molecular formula is C13H17NO4. The fourth-order valence-electron chi connectivity index (χ4n) is 1.95. The van der Waals surface area contributed by atoms with E-state index in [-0.39, 0.29) is 6.10 Å². The molecule has 2 rings (SSSR count). The Labute approximate surface area is 106 Å². The van der Waals surface area contributed by atoms with Gasteiger partial charge in [-0.25, -0.2) is 0 Å². The number of carbonyl (C=O) groups is 1. The second kappa shape index (κ2) is 5.84. The lowest BCUT2D eigenvalue weighted by Crippen LogP contribution is -2.27. The first-order valence-corrected chi connectivity index (χ1v) is 6.00. The second-order valence-electron chi connectivity index (χ2n) is 4.28. The van der Waals surface area contributed by atoms with E-state index in [1.807, 2.05) is 6.07 Å². The van der Waals surface area contributed by atoms with Crippen LogP contribution in [0.4, 0.5) is 0 Å². The van der Waals surface area contributed by atoms with Gasteiger partial charge < -0.3 is 20.3 Å². The summed E-state index contributed by atoms with van der Waals surface area (Å²) < 4.78 is 11.1. The summed E-state index contributed by atoms with van der Waals surface area (Å²) in [6.07, 6.45) is 1.70. The van der Waals surface area contributed by atoms with Gasteiger partial charge in [-0.3, -0.25) is 4.79 Å². The normalized spacial score (nSPS) is 18.3. The molecule has 0 aliphatic carbocycles. The molecule has 5 heteroatoms. The van der Waals surface area contributed by atoms with Gasteiger partial charge in [0.2, 0.25) is 0 Å². The highest BCUT2D eigenvalue weighted by atomic mass is 16.5. The third kappa shape index (κ3) is 3.00. The molecule has 5 nitrogen and oxygen atoms in total. The summed E-state index contributed by atoms with van der Waals surface area (Å²) in [5.74, 6) is -0.502. The maximum Gasteiger partial charge on any atom is 0.325 e. The molecule has 1 unspecified atom stereocenters. The number of para-hydroxylation sites is 1. The van der Waals surface area contributed by atoms with E-state index in [9.17, 15) is 4.79 Å². The topological polar surface area (TPSA) is 81.8 Å². The summed E-state index contributed by atoms with van der Waals surface area (Å²) >= 11 is 0. The standard InChI is InChI=1S/C13H17NO4/c14-12(13(15)16)10-3-1-2-4-11(10)18-9-5-7-17-8-6-9/h1-4,9,12H,5-8,14H2,(H,15,16). The minimum atomic E-state index is -1.06. The summed E-state index contributed by atoms with van der Waals surface area (Å²) in [4.78, 5) is 10.9. The van der Waals surface area contributed by atoms with Crippen molar-refractivity contribution in [3.8, 4) is 5.75 Å². The van der Waals surface area contributed by atoms with Crippen molar-refractivity contribution in [3.63, 3.8) is 0 Å². The van der Waals surface area contributed by atoms with Crippen molar-refractivity contribution < 1.29 is 19.4 Å². The number of hydrogen-bond acceptors (Lipinski definition) is 4. The highest BCUT2D eigenvalue weighted by molar-refractivity contribution is 5.76. The molecule has 18 heavy (non-hydrogen) atoms. The average Bonchev–Trinajstić information content (AvgIpc) is 2.39. The molecule has 1 saturated heterocycles. The van der Waals surface area contributed by atoms with Crippen molar-refractivity contribution in [2.24, 2.45) is 5.73 Å². The average molecular weight is 251 g/mol. The molecule has 0 saturated carbocycles. The van der Waals surface area contributed by atoms with Gasteiger partial charge in [0, 0.05) is 18.4 Å². The van der Waals surface area contributed by atoms with E-state index >= 15 is 0 Å². The Morgan fingerprint density at radius 3 is 2.72 bits per heavy atom. The molecule has 1 aliphatic rings. The van der Waals surface area contributed by atoms with Crippen LogP contribution in [-0.4, -0.2) is 30.4 Å². The molecule has 1 aliphatic heterocycles. The first kappa shape index (κ1) is 12.9. The van der Waals surface area contributed by atoms with Crippen LogP contribution in [0.25, 0.3) is 0 Å². The number of carboxylic acids is 1. The molecule has 1 aromatic carbocycles. The van der Waals surface area contributed by atoms with Gasteiger partial charge in [-0.05, 0) is 6.07 Å². The quantitative estimate of drug-likeness (QED) is 0.843. The molecule has 1 atom stereocenters. The van der Waals surface area contributed by atoms with E-state index < -0.39 is 12.0 Å². The predicted octanol–water partition coefficient (Wildman–Crippen LogP) is 1.33. The summed E-state index contributed by atoms with van der Waals surface area (Å²) in [6.45, 7) is 1.36. The van der Waals surface area contributed by atoms with Gasteiger partial charge in [0.1, 0.15) is 17.9 Å². The minimum absolute atomic E-state index is 0.0703. The van der Waals surface area contributed by atoms with Gasteiger partial charge in [-0.15, -0.1) is 0 Å². The number of carboxylic acid groups (broad SMARTS) is 1. The Balaban J connectivity index is 2.13. The molecule has 0 aromatic heterocycles. The Kier molecular flexibility index (Phi) is 4.17. The Morgan fingerprint density at radius 1 is 1.39 bits per heavy atom. The molecule has 1 fully saturated rings. The van der Waals surface area contributed by atoms with Crippen molar-refractivity contribution in [1.82, 2.24) is 0 Å². The second-order valence-corrected chi connectivity index (χ2v) is 4.28. The van der Waals surface area contributed by atoms with Crippen LogP contribution in [0, 0.1) is 0 Å². The molecule has 98 valence electrons. The minimum Gasteiger partial charge on any atom is -0.490 e. The number of ether oxygens (including phenoxy) is 2. The highest BCUT2D eigenvalue weighted by Crippen LogP contribution is 2.26. The lowest BCUT2D eigenvalue weighted by Gasteiger charge is -2.25. The van der Waals surface area contributed by atoms with Crippen LogP contribution in [0.5, 0.6) is 5.75 Å². The number of benzene rings is 1. The van der Waals surface area contributed by atoms with Crippen LogP contribution in [-0.2, 0) is 9.53 Å². The van der Waals surface area contributed by atoms with Crippen molar-refractivity contribution in [1.29, 1.82) is 0 Å². The van der Waals surface area contributed by atoms with Crippen LogP contribution in [0.2, 0.25) is 0 Å². The Bertz CT molecular complexity index is 415. The summed E-state index contributed by atoms with van der Waals surface area (Å²) in [5.41, 5.74) is 6.15. The van der Waals surface area contributed by atoms with E-state index in [1.54, 1.807) is 18.2 Å². The predicted molar refractivity (Wildman–Crippen MR) is 65.5 cm³/mol. The monoisotopic (exact) mass is 251 g/mol. The maximum atomic E-state index is 10.9. The highest BCUT2D eigenvalue weighted by Gasteiger charge is 2.21. The number of nitrogens with two attached hydrogens (primary N) is 1. The van der Waals surface area contributed by atoms with Gasteiger partial charge in [0.15, 0.2) is 0 Å². The molecule has 1 heterocycles. The Morgan fingerprint density at radius 2 is 2.06 bits per heavy atom. The fourth-order valence-corrected chi connectivity index (χ4v) is 1.95. The zero-order valence-corrected chi connectivity index (χ0v) is 10.0. The molecule has 3 N–H and O–H groups in total. The number of hydrogen-bond donors (Lipinski definition) is 2. The molecular weight excluding hydrogens is 234 g/mol. The van der Waals surface area contributed by atoms with E-state index in [2.05, 4.69) is 0 Å². The smallest absolute Gasteiger partial charge is 0.325 e. The van der Waals surface area contributed by atoms with Gasteiger partial charge in [0.05, 0.1) is 13.2 Å². The van der Waals surface area contributed by atoms with Gasteiger partial charge in [0.25, 0.3) is 0 Å². The largest absolute Gasteiger partial charge is 0.490 e. The van der Waals surface area contributed by atoms with Gasteiger partial charge in [-0.2, -0.15) is 0 Å². The van der Waals surface area contributed by atoms with E-state index in [0.29, 0.717) is 24.5 Å². The van der Waals surface area contributed by atoms with Crippen LogP contribution < -0.4 is 10.5 Å². The zero-order chi connectivity index (χ0) is 13.0. The molecule has 0 amide bonds. The number of aliphatic carboxylic acids is 1. The zero-order valence-electron chi connectivity index (χ0n) is 10.0. The van der Waals surface area contributed by atoms with Crippen LogP contribution in [0.3, 0.4) is 0 Å². The third-order valence-electron chi connectivity index (χ3n) is 2.98. The third-order valence-corrected chi connectivity index (χ3v) is 2.98. The van der Waals surface area contributed by atoms with Gasteiger partial charge in [-0.1, -0.05) is 18.2 Å². The molecule has 0 spiro atoms. The van der Waals surface area contributed by atoms with Crippen molar-refractivity contribution >= 4 is 5.97 Å². The van der Waals surface area contributed by atoms with E-state index in [1.165, 1.54) is 0 Å². The molecule has 0 radical (unpaired) electrons. The summed E-state index contributed by atoms with van der Waals surface area (Å²) in [7, 11) is 0. The SMILES string of the molecule is NC(C(=O)O)c1ccccc1OC1CCOCC1. The van der Waals surface area contributed by atoms with E-state index in [0.717, 1.165) is 12.8 Å². The van der Waals surface area contributed by atoms with Crippen molar-refractivity contribution in [2.75, 3.05) is 13.2 Å². The first-order valence-electron chi connectivity index (χ1n) is 6.00. The summed E-state index contributed by atoms with van der Waals surface area (Å²) in [6, 6.07) is 5.96. The van der Waals surface area contributed by atoms with Crippen LogP contribution in [0.15, 0.2) is 24.3 Å².